The second-order valence-corrected chi connectivity index (χ2v) is 5.58. The lowest BCUT2D eigenvalue weighted by molar-refractivity contribution is -0.138. The lowest BCUT2D eigenvalue weighted by Gasteiger charge is -2.17. The van der Waals surface area contributed by atoms with E-state index in [1.807, 2.05) is 44.2 Å². The van der Waals surface area contributed by atoms with Crippen LogP contribution in [0.5, 0.6) is 0 Å². The summed E-state index contributed by atoms with van der Waals surface area (Å²) in [6, 6.07) is 9.55. The first kappa shape index (κ1) is 17.0. The molecule has 2 N–H and O–H groups in total. The Hall–Kier alpha value is -2.10. The SMILES string of the molecule is CC(C)CC(CNC(=O)C=Cc1ccccc1)CC(=O)O. The first-order valence-corrected chi connectivity index (χ1v) is 7.20. The zero-order valence-electron chi connectivity index (χ0n) is 12.6. The fourth-order valence-corrected chi connectivity index (χ4v) is 2.19. The predicted molar refractivity (Wildman–Crippen MR) is 83.7 cm³/mol. The average Bonchev–Trinajstić information content (AvgIpc) is 2.42. The van der Waals surface area contributed by atoms with Crippen molar-refractivity contribution in [3.05, 3.63) is 42.0 Å². The van der Waals surface area contributed by atoms with Crippen molar-refractivity contribution in [1.82, 2.24) is 5.32 Å². The van der Waals surface area contributed by atoms with Crippen molar-refractivity contribution in [2.75, 3.05) is 6.54 Å². The van der Waals surface area contributed by atoms with Crippen LogP contribution >= 0.6 is 0 Å². The number of carboxylic acid groups (broad SMARTS) is 1. The third kappa shape index (κ3) is 7.92. The van der Waals surface area contributed by atoms with E-state index in [4.69, 9.17) is 5.11 Å². The van der Waals surface area contributed by atoms with Crippen molar-refractivity contribution >= 4 is 18.0 Å². The van der Waals surface area contributed by atoms with Crippen molar-refractivity contribution in [3.8, 4) is 0 Å². The Morgan fingerprint density at radius 2 is 1.90 bits per heavy atom. The molecule has 1 aromatic carbocycles. The van der Waals surface area contributed by atoms with Crippen LogP contribution in [0, 0.1) is 11.8 Å². The summed E-state index contributed by atoms with van der Waals surface area (Å²) >= 11 is 0. The highest BCUT2D eigenvalue weighted by Gasteiger charge is 2.15. The van der Waals surface area contributed by atoms with E-state index in [-0.39, 0.29) is 18.2 Å². The van der Waals surface area contributed by atoms with E-state index in [1.165, 1.54) is 6.08 Å². The summed E-state index contributed by atoms with van der Waals surface area (Å²) in [5, 5.41) is 11.7. The topological polar surface area (TPSA) is 66.4 Å². The Bertz CT molecular complexity index is 480. The quantitative estimate of drug-likeness (QED) is 0.723. The summed E-state index contributed by atoms with van der Waals surface area (Å²) in [5.74, 6) is -0.643. The Balaban J connectivity index is 2.45. The van der Waals surface area contributed by atoms with E-state index in [9.17, 15) is 9.59 Å². The van der Waals surface area contributed by atoms with Gasteiger partial charge < -0.3 is 10.4 Å². The monoisotopic (exact) mass is 289 g/mol. The standard InChI is InChI=1S/C17H23NO3/c1-13(2)10-15(11-17(20)21)12-18-16(19)9-8-14-6-4-3-5-7-14/h3-9,13,15H,10-12H2,1-2H3,(H,18,19)(H,20,21). The number of benzene rings is 1. The van der Waals surface area contributed by atoms with Crippen LogP contribution in [0.25, 0.3) is 6.08 Å². The molecule has 0 heterocycles. The minimum Gasteiger partial charge on any atom is -0.481 e. The van der Waals surface area contributed by atoms with Gasteiger partial charge in [0.15, 0.2) is 0 Å². The first-order chi connectivity index (χ1) is 9.97. The molecular formula is C17H23NO3. The zero-order chi connectivity index (χ0) is 15.7. The molecule has 1 atom stereocenters. The van der Waals surface area contributed by atoms with Gasteiger partial charge in [-0.1, -0.05) is 44.2 Å². The Kier molecular flexibility index (Phi) is 7.23. The highest BCUT2D eigenvalue weighted by atomic mass is 16.4. The minimum atomic E-state index is -0.824. The second-order valence-electron chi connectivity index (χ2n) is 5.58. The number of carboxylic acids is 1. The Morgan fingerprint density at radius 1 is 1.24 bits per heavy atom. The number of hydrogen-bond donors (Lipinski definition) is 2. The third-order valence-corrected chi connectivity index (χ3v) is 3.06. The zero-order valence-corrected chi connectivity index (χ0v) is 12.6. The minimum absolute atomic E-state index is 0.0309. The van der Waals surface area contributed by atoms with Crippen LogP contribution in [0.3, 0.4) is 0 Å². The average molecular weight is 289 g/mol. The fourth-order valence-electron chi connectivity index (χ4n) is 2.19. The molecule has 21 heavy (non-hydrogen) atoms. The molecule has 114 valence electrons. The molecule has 1 amide bonds. The summed E-state index contributed by atoms with van der Waals surface area (Å²) < 4.78 is 0. The molecule has 1 rings (SSSR count). The molecule has 0 fully saturated rings. The molecule has 0 saturated carbocycles. The number of aliphatic carboxylic acids is 1. The number of rotatable bonds is 8. The molecule has 4 heteroatoms. The van der Waals surface area contributed by atoms with Crippen LogP contribution in [-0.2, 0) is 9.59 Å². The maximum Gasteiger partial charge on any atom is 0.303 e. The van der Waals surface area contributed by atoms with Gasteiger partial charge in [0.05, 0.1) is 0 Å². The molecule has 0 bridgehead atoms. The van der Waals surface area contributed by atoms with Gasteiger partial charge in [-0.3, -0.25) is 9.59 Å². The van der Waals surface area contributed by atoms with Gasteiger partial charge in [0.2, 0.25) is 5.91 Å². The highest BCUT2D eigenvalue weighted by Crippen LogP contribution is 2.14. The first-order valence-electron chi connectivity index (χ1n) is 7.20. The van der Waals surface area contributed by atoms with Gasteiger partial charge in [-0.05, 0) is 29.9 Å². The summed E-state index contributed by atoms with van der Waals surface area (Å²) in [7, 11) is 0. The van der Waals surface area contributed by atoms with Gasteiger partial charge in [0, 0.05) is 19.0 Å². The van der Waals surface area contributed by atoms with Crippen molar-refractivity contribution in [3.63, 3.8) is 0 Å². The normalized spacial score (nSPS) is 12.5. The second kappa shape index (κ2) is 8.95. The molecule has 0 aliphatic rings. The van der Waals surface area contributed by atoms with Gasteiger partial charge >= 0.3 is 5.97 Å². The van der Waals surface area contributed by atoms with E-state index >= 15 is 0 Å². The summed E-state index contributed by atoms with van der Waals surface area (Å²) in [6.45, 7) is 4.49. The molecule has 4 nitrogen and oxygen atoms in total. The van der Waals surface area contributed by atoms with Crippen LogP contribution in [0.1, 0.15) is 32.3 Å². The van der Waals surface area contributed by atoms with Gasteiger partial charge in [-0.15, -0.1) is 0 Å². The number of carbonyl (C=O) groups excluding carboxylic acids is 1. The summed E-state index contributed by atoms with van der Waals surface area (Å²) in [4.78, 5) is 22.6. The smallest absolute Gasteiger partial charge is 0.303 e. The predicted octanol–water partition coefficient (Wildman–Crippen LogP) is 2.95. The molecule has 0 aromatic heterocycles. The van der Waals surface area contributed by atoms with Crippen LogP contribution in [0.4, 0.5) is 0 Å². The van der Waals surface area contributed by atoms with Crippen LogP contribution in [0.2, 0.25) is 0 Å². The summed E-state index contributed by atoms with van der Waals surface area (Å²) in [5.41, 5.74) is 0.955. The number of nitrogens with one attached hydrogen (secondary N) is 1. The highest BCUT2D eigenvalue weighted by molar-refractivity contribution is 5.91. The number of carbonyl (C=O) groups is 2. The van der Waals surface area contributed by atoms with Crippen molar-refractivity contribution in [2.24, 2.45) is 11.8 Å². The van der Waals surface area contributed by atoms with E-state index in [0.29, 0.717) is 12.5 Å². The molecule has 0 aliphatic carbocycles. The molecule has 0 radical (unpaired) electrons. The Morgan fingerprint density at radius 3 is 2.48 bits per heavy atom. The number of hydrogen-bond acceptors (Lipinski definition) is 2. The van der Waals surface area contributed by atoms with E-state index in [0.717, 1.165) is 12.0 Å². The van der Waals surface area contributed by atoms with Gasteiger partial charge in [-0.25, -0.2) is 0 Å². The lowest BCUT2D eigenvalue weighted by atomic mass is 9.94. The Labute approximate surface area is 125 Å². The van der Waals surface area contributed by atoms with E-state index in [1.54, 1.807) is 6.08 Å². The van der Waals surface area contributed by atoms with Crippen LogP contribution in [0.15, 0.2) is 36.4 Å². The maximum absolute atomic E-state index is 11.7. The molecule has 1 aromatic rings. The molecule has 0 spiro atoms. The molecule has 1 unspecified atom stereocenters. The fraction of sp³-hybridized carbons (Fsp3) is 0.412. The lowest BCUT2D eigenvalue weighted by Crippen LogP contribution is -2.29. The van der Waals surface area contributed by atoms with Crippen molar-refractivity contribution in [2.45, 2.75) is 26.7 Å². The van der Waals surface area contributed by atoms with Crippen LogP contribution < -0.4 is 5.32 Å². The van der Waals surface area contributed by atoms with Crippen LogP contribution in [-0.4, -0.2) is 23.5 Å². The van der Waals surface area contributed by atoms with Gasteiger partial charge in [-0.2, -0.15) is 0 Å². The molecular weight excluding hydrogens is 266 g/mol. The summed E-state index contributed by atoms with van der Waals surface area (Å²) in [6.07, 6.45) is 4.09. The van der Waals surface area contributed by atoms with Gasteiger partial charge in [0.25, 0.3) is 0 Å². The van der Waals surface area contributed by atoms with Crippen molar-refractivity contribution < 1.29 is 14.7 Å². The third-order valence-electron chi connectivity index (χ3n) is 3.06. The largest absolute Gasteiger partial charge is 0.481 e. The van der Waals surface area contributed by atoms with Crippen molar-refractivity contribution in [1.29, 1.82) is 0 Å². The maximum atomic E-state index is 11.7. The van der Waals surface area contributed by atoms with E-state index in [2.05, 4.69) is 5.32 Å². The number of amides is 1. The van der Waals surface area contributed by atoms with E-state index < -0.39 is 5.97 Å². The van der Waals surface area contributed by atoms with Gasteiger partial charge in [0.1, 0.15) is 0 Å². The molecule has 0 saturated heterocycles. The molecule has 0 aliphatic heterocycles.